The van der Waals surface area contributed by atoms with Crippen molar-refractivity contribution in [1.29, 1.82) is 0 Å². The van der Waals surface area contributed by atoms with E-state index in [1.807, 2.05) is 60.7 Å². The summed E-state index contributed by atoms with van der Waals surface area (Å²) in [5.41, 5.74) is 1.85. The summed E-state index contributed by atoms with van der Waals surface area (Å²) >= 11 is 9.06. The minimum Gasteiger partial charge on any atom is -0.343 e. The lowest BCUT2D eigenvalue weighted by Gasteiger charge is -2.18. The van der Waals surface area contributed by atoms with E-state index in [1.54, 1.807) is 29.3 Å². The molecular weight excluding hydrogens is 372 g/mol. The Morgan fingerprint density at radius 2 is 1.92 bits per heavy atom. The average Bonchev–Trinajstić information content (AvgIpc) is 3.06. The summed E-state index contributed by atoms with van der Waals surface area (Å²) in [6.45, 7) is 0. The van der Waals surface area contributed by atoms with E-state index < -0.39 is 0 Å². The molecule has 0 aliphatic carbocycles. The van der Waals surface area contributed by atoms with Crippen LogP contribution in [-0.4, -0.2) is 16.6 Å². The molecular formula is C19H17ClN2OS2. The molecule has 0 fully saturated rings. The third-order valence-electron chi connectivity index (χ3n) is 3.53. The quantitative estimate of drug-likeness (QED) is 0.623. The summed E-state index contributed by atoms with van der Waals surface area (Å²) in [5, 5.41) is 3.10. The van der Waals surface area contributed by atoms with Crippen LogP contribution in [-0.2, 0) is 10.5 Å². The summed E-state index contributed by atoms with van der Waals surface area (Å²) in [6, 6.07) is 19.3. The molecule has 0 bridgehead atoms. The van der Waals surface area contributed by atoms with E-state index >= 15 is 0 Å². The molecule has 3 rings (SSSR count). The highest BCUT2D eigenvalue weighted by Gasteiger charge is 2.17. The van der Waals surface area contributed by atoms with Crippen molar-refractivity contribution < 1.29 is 4.79 Å². The Morgan fingerprint density at radius 3 is 2.60 bits per heavy atom. The molecule has 0 unspecified atom stereocenters. The molecule has 0 saturated carbocycles. The summed E-state index contributed by atoms with van der Waals surface area (Å²) in [6.07, 6.45) is 1.74. The number of thioether (sulfide) groups is 1. The molecule has 25 heavy (non-hydrogen) atoms. The van der Waals surface area contributed by atoms with E-state index in [-0.39, 0.29) is 11.9 Å². The number of aromatic nitrogens is 1. The van der Waals surface area contributed by atoms with Crippen LogP contribution in [0, 0.1) is 0 Å². The van der Waals surface area contributed by atoms with E-state index in [4.69, 9.17) is 11.6 Å². The zero-order valence-corrected chi connectivity index (χ0v) is 15.8. The molecule has 2 aromatic heterocycles. The van der Waals surface area contributed by atoms with Gasteiger partial charge in [0.25, 0.3) is 0 Å². The second kappa shape index (κ2) is 9.04. The Bertz CT molecular complexity index is 769. The smallest absolute Gasteiger partial charge is 0.230 e. The van der Waals surface area contributed by atoms with Crippen LogP contribution in [0.1, 0.15) is 22.2 Å². The molecule has 128 valence electrons. The third kappa shape index (κ3) is 5.33. The molecule has 0 aliphatic heterocycles. The Kier molecular flexibility index (Phi) is 6.50. The number of nitrogens with zero attached hydrogens (tertiary/aromatic N) is 1. The highest BCUT2D eigenvalue weighted by Crippen LogP contribution is 2.25. The topological polar surface area (TPSA) is 42.0 Å². The van der Waals surface area contributed by atoms with Crippen LogP contribution in [0.25, 0.3) is 0 Å². The van der Waals surface area contributed by atoms with Gasteiger partial charge in [-0.3, -0.25) is 9.78 Å². The maximum Gasteiger partial charge on any atom is 0.230 e. The van der Waals surface area contributed by atoms with E-state index in [9.17, 15) is 4.79 Å². The first-order valence-electron chi connectivity index (χ1n) is 7.79. The lowest BCUT2D eigenvalue weighted by molar-refractivity contribution is -0.119. The van der Waals surface area contributed by atoms with Crippen molar-refractivity contribution in [3.05, 3.63) is 87.3 Å². The van der Waals surface area contributed by atoms with E-state index in [1.165, 1.54) is 4.88 Å². The highest BCUT2D eigenvalue weighted by molar-refractivity contribution is 7.99. The number of pyridine rings is 1. The Balaban J connectivity index is 1.62. The van der Waals surface area contributed by atoms with Gasteiger partial charge in [0.2, 0.25) is 5.91 Å². The van der Waals surface area contributed by atoms with Crippen LogP contribution in [0.3, 0.4) is 0 Å². The Labute approximate surface area is 160 Å². The molecule has 0 aliphatic rings. The molecule has 1 N–H and O–H groups in total. The number of nitrogens with one attached hydrogen (secondary N) is 1. The number of benzene rings is 1. The maximum atomic E-state index is 12.4. The third-order valence-corrected chi connectivity index (χ3v) is 5.92. The maximum absolute atomic E-state index is 12.4. The molecule has 1 atom stereocenters. The normalized spacial score (nSPS) is 11.9. The summed E-state index contributed by atoms with van der Waals surface area (Å²) < 4.78 is 0.777. The van der Waals surface area contributed by atoms with Crippen molar-refractivity contribution in [2.75, 3.05) is 5.75 Å². The summed E-state index contributed by atoms with van der Waals surface area (Å²) in [5.74, 6) is 1.17. The minimum atomic E-state index is -0.244. The Morgan fingerprint density at radius 1 is 1.12 bits per heavy atom. The number of hydrogen-bond acceptors (Lipinski definition) is 4. The van der Waals surface area contributed by atoms with Crippen LogP contribution in [0.15, 0.2) is 66.9 Å². The monoisotopic (exact) mass is 388 g/mol. The van der Waals surface area contributed by atoms with E-state index in [2.05, 4.69) is 10.3 Å². The first-order chi connectivity index (χ1) is 12.2. The van der Waals surface area contributed by atoms with E-state index in [0.29, 0.717) is 5.75 Å². The molecule has 1 amide bonds. The van der Waals surface area contributed by atoms with Gasteiger partial charge in [0.15, 0.2) is 0 Å². The van der Waals surface area contributed by atoms with Crippen LogP contribution in [0.5, 0.6) is 0 Å². The molecule has 3 aromatic rings. The fraction of sp³-hybridized carbons (Fsp3) is 0.158. The second-order valence-electron chi connectivity index (χ2n) is 5.36. The SMILES string of the molecule is O=C(CSCc1ccc(Cl)s1)N[C@H](c1ccccc1)c1ccccn1. The van der Waals surface area contributed by atoms with Crippen molar-refractivity contribution in [3.63, 3.8) is 0 Å². The van der Waals surface area contributed by atoms with Gasteiger partial charge in [-0.2, -0.15) is 0 Å². The van der Waals surface area contributed by atoms with Crippen LogP contribution in [0.4, 0.5) is 0 Å². The fourth-order valence-corrected chi connectivity index (χ4v) is 4.43. The molecule has 0 spiro atoms. The average molecular weight is 389 g/mol. The molecule has 2 heterocycles. The Hall–Kier alpha value is -1.82. The van der Waals surface area contributed by atoms with Gasteiger partial charge in [-0.05, 0) is 29.8 Å². The molecule has 6 heteroatoms. The number of halogens is 1. The summed E-state index contributed by atoms with van der Waals surface area (Å²) in [4.78, 5) is 18.0. The van der Waals surface area contributed by atoms with Gasteiger partial charge < -0.3 is 5.32 Å². The zero-order chi connectivity index (χ0) is 17.5. The predicted octanol–water partition coefficient (Wildman–Crippen LogP) is 4.94. The number of hydrogen-bond donors (Lipinski definition) is 1. The van der Waals surface area contributed by atoms with Gasteiger partial charge >= 0.3 is 0 Å². The lowest BCUT2D eigenvalue weighted by Crippen LogP contribution is -2.31. The largest absolute Gasteiger partial charge is 0.343 e. The van der Waals surface area contributed by atoms with Crippen LogP contribution < -0.4 is 5.32 Å². The summed E-state index contributed by atoms with van der Waals surface area (Å²) in [7, 11) is 0. The van der Waals surface area contributed by atoms with Crippen LogP contribution in [0.2, 0.25) is 4.34 Å². The predicted molar refractivity (Wildman–Crippen MR) is 106 cm³/mol. The van der Waals surface area contributed by atoms with E-state index in [0.717, 1.165) is 21.3 Å². The zero-order valence-electron chi connectivity index (χ0n) is 13.4. The molecule has 1 aromatic carbocycles. The number of carbonyl (C=O) groups is 1. The van der Waals surface area contributed by atoms with Gasteiger partial charge in [-0.1, -0.05) is 48.0 Å². The van der Waals surface area contributed by atoms with Crippen molar-refractivity contribution in [2.24, 2.45) is 0 Å². The number of rotatable bonds is 7. The van der Waals surface area contributed by atoms with Gasteiger partial charge in [-0.25, -0.2) is 0 Å². The van der Waals surface area contributed by atoms with Crippen molar-refractivity contribution in [3.8, 4) is 0 Å². The lowest BCUT2D eigenvalue weighted by atomic mass is 10.0. The second-order valence-corrected chi connectivity index (χ2v) is 8.15. The van der Waals surface area contributed by atoms with Crippen LogP contribution >= 0.6 is 34.7 Å². The van der Waals surface area contributed by atoms with Crippen molar-refractivity contribution in [2.45, 2.75) is 11.8 Å². The minimum absolute atomic E-state index is 0.00726. The molecule has 0 radical (unpaired) electrons. The van der Waals surface area contributed by atoms with Gasteiger partial charge in [0.1, 0.15) is 0 Å². The first-order valence-corrected chi connectivity index (χ1v) is 10.1. The first kappa shape index (κ1) is 18.0. The fourth-order valence-electron chi connectivity index (χ4n) is 2.40. The molecule has 0 saturated heterocycles. The van der Waals surface area contributed by atoms with Crippen molar-refractivity contribution >= 4 is 40.6 Å². The van der Waals surface area contributed by atoms with Gasteiger partial charge in [-0.15, -0.1) is 23.1 Å². The standard InChI is InChI=1S/C19H17ClN2OS2/c20-17-10-9-15(25-17)12-24-13-18(23)22-19(14-6-2-1-3-7-14)16-8-4-5-11-21-16/h1-11,19H,12-13H2,(H,22,23)/t19-/m1/s1. The number of thiophene rings is 1. The van der Waals surface area contributed by atoms with Gasteiger partial charge in [0, 0.05) is 16.8 Å². The highest BCUT2D eigenvalue weighted by atomic mass is 35.5. The van der Waals surface area contributed by atoms with Gasteiger partial charge in [0.05, 0.1) is 21.8 Å². The number of carbonyl (C=O) groups excluding carboxylic acids is 1. The molecule has 3 nitrogen and oxygen atoms in total. The number of amides is 1. The van der Waals surface area contributed by atoms with Crippen molar-refractivity contribution in [1.82, 2.24) is 10.3 Å².